The minimum Gasteiger partial charge on any atom is -0.507 e. The zero-order chi connectivity index (χ0) is 15.2. The number of aromatic hydroxyl groups is 1. The van der Waals surface area contributed by atoms with Gasteiger partial charge in [-0.15, -0.1) is 0 Å². The smallest absolute Gasteiger partial charge is 0.270 e. The number of rotatable bonds is 5. The molecule has 0 aliphatic heterocycles. The number of hydrogen-bond donors (Lipinski definition) is 1. The Morgan fingerprint density at radius 1 is 1.24 bits per heavy atom. The molecule has 1 N–H and O–H groups in total. The molecule has 0 aromatic heterocycles. The zero-order valence-electron chi connectivity index (χ0n) is 11.1. The Labute approximate surface area is 120 Å². The van der Waals surface area contributed by atoms with Gasteiger partial charge in [0, 0.05) is 30.5 Å². The Balaban J connectivity index is 1.99. The maximum Gasteiger partial charge on any atom is 0.270 e. The van der Waals surface area contributed by atoms with Crippen molar-refractivity contribution < 1.29 is 14.4 Å². The maximum absolute atomic E-state index is 12.7. The van der Waals surface area contributed by atoms with Crippen LogP contribution in [0, 0.1) is 15.9 Å². The monoisotopic (exact) mass is 288 g/mol. The molecule has 0 fully saturated rings. The minimum absolute atomic E-state index is 0.0638. The molecule has 0 heterocycles. The standard InChI is InChI=1S/C15H13FN2O3/c16-13-3-1-11(2-4-13)7-8-17-10-12-9-14(18(20)21)5-6-15(12)19/h1-6,9-10,19H,7-8H2. The third kappa shape index (κ3) is 4.10. The number of nitrogens with zero attached hydrogens (tertiary/aromatic N) is 2. The second-order valence-corrected chi connectivity index (χ2v) is 4.41. The van der Waals surface area contributed by atoms with Crippen molar-refractivity contribution in [2.45, 2.75) is 6.42 Å². The van der Waals surface area contributed by atoms with Crippen LogP contribution in [0.4, 0.5) is 10.1 Å². The molecule has 0 atom stereocenters. The Bertz CT molecular complexity index is 669. The molecule has 0 amide bonds. The van der Waals surface area contributed by atoms with Crippen LogP contribution in [0.2, 0.25) is 0 Å². The van der Waals surface area contributed by atoms with E-state index in [1.807, 2.05) is 0 Å². The summed E-state index contributed by atoms with van der Waals surface area (Å²) in [6.45, 7) is 0.438. The number of non-ortho nitro benzene ring substituents is 1. The molecule has 0 radical (unpaired) electrons. The molecule has 0 aliphatic rings. The van der Waals surface area contributed by atoms with Gasteiger partial charge in [0.1, 0.15) is 11.6 Å². The van der Waals surface area contributed by atoms with Crippen LogP contribution in [0.15, 0.2) is 47.5 Å². The van der Waals surface area contributed by atoms with Gasteiger partial charge in [0.2, 0.25) is 0 Å². The fourth-order valence-corrected chi connectivity index (χ4v) is 1.77. The van der Waals surface area contributed by atoms with Crippen LogP contribution in [-0.4, -0.2) is 22.8 Å². The van der Waals surface area contributed by atoms with Gasteiger partial charge in [0.05, 0.1) is 4.92 Å². The van der Waals surface area contributed by atoms with Crippen molar-refractivity contribution >= 4 is 11.9 Å². The number of benzene rings is 2. The number of halogens is 1. The van der Waals surface area contributed by atoms with Gasteiger partial charge in [0.15, 0.2) is 0 Å². The van der Waals surface area contributed by atoms with Crippen LogP contribution in [0.25, 0.3) is 0 Å². The van der Waals surface area contributed by atoms with E-state index in [1.165, 1.54) is 36.5 Å². The number of nitro benzene ring substituents is 1. The van der Waals surface area contributed by atoms with Gasteiger partial charge in [-0.05, 0) is 30.2 Å². The highest BCUT2D eigenvalue weighted by Crippen LogP contribution is 2.21. The number of phenols is 1. The van der Waals surface area contributed by atoms with E-state index in [2.05, 4.69) is 4.99 Å². The SMILES string of the molecule is O=[N+]([O-])c1ccc(O)c(C=NCCc2ccc(F)cc2)c1. The molecule has 0 spiro atoms. The number of nitro groups is 1. The number of aliphatic imine (C=N–C) groups is 1. The lowest BCUT2D eigenvalue weighted by Gasteiger charge is -2.00. The first-order valence-corrected chi connectivity index (χ1v) is 6.28. The Hall–Kier alpha value is -2.76. The van der Waals surface area contributed by atoms with Gasteiger partial charge >= 0.3 is 0 Å². The van der Waals surface area contributed by atoms with E-state index >= 15 is 0 Å². The zero-order valence-corrected chi connectivity index (χ0v) is 11.1. The van der Waals surface area contributed by atoms with Crippen molar-refractivity contribution in [1.82, 2.24) is 0 Å². The molecule has 21 heavy (non-hydrogen) atoms. The van der Waals surface area contributed by atoms with Gasteiger partial charge in [-0.3, -0.25) is 15.1 Å². The van der Waals surface area contributed by atoms with Crippen molar-refractivity contribution in [3.8, 4) is 5.75 Å². The molecule has 2 aromatic rings. The van der Waals surface area contributed by atoms with E-state index < -0.39 is 4.92 Å². The third-order valence-corrected chi connectivity index (χ3v) is 2.90. The fraction of sp³-hybridized carbons (Fsp3) is 0.133. The normalized spacial score (nSPS) is 10.9. The van der Waals surface area contributed by atoms with Crippen molar-refractivity contribution in [1.29, 1.82) is 0 Å². The molecule has 0 saturated heterocycles. The first-order valence-electron chi connectivity index (χ1n) is 6.28. The third-order valence-electron chi connectivity index (χ3n) is 2.90. The average Bonchev–Trinajstić information content (AvgIpc) is 2.47. The van der Waals surface area contributed by atoms with Crippen LogP contribution >= 0.6 is 0 Å². The van der Waals surface area contributed by atoms with Crippen LogP contribution in [0.1, 0.15) is 11.1 Å². The molecule has 5 nitrogen and oxygen atoms in total. The number of phenolic OH excluding ortho intramolecular Hbond substituents is 1. The van der Waals surface area contributed by atoms with E-state index in [-0.39, 0.29) is 17.3 Å². The molecule has 2 rings (SSSR count). The van der Waals surface area contributed by atoms with Gasteiger partial charge in [-0.25, -0.2) is 4.39 Å². The lowest BCUT2D eigenvalue weighted by Crippen LogP contribution is -1.93. The molecule has 0 saturated carbocycles. The van der Waals surface area contributed by atoms with E-state index in [9.17, 15) is 19.6 Å². The summed E-state index contributed by atoms with van der Waals surface area (Å²) in [4.78, 5) is 14.2. The summed E-state index contributed by atoms with van der Waals surface area (Å²) in [5.41, 5.74) is 1.13. The van der Waals surface area contributed by atoms with Crippen LogP contribution in [0.3, 0.4) is 0 Å². The first kappa shape index (κ1) is 14.6. The van der Waals surface area contributed by atoms with E-state index in [0.29, 0.717) is 18.5 Å². The fourth-order valence-electron chi connectivity index (χ4n) is 1.77. The topological polar surface area (TPSA) is 75.7 Å². The molecule has 108 valence electrons. The minimum atomic E-state index is -0.532. The van der Waals surface area contributed by atoms with Crippen LogP contribution in [0.5, 0.6) is 5.75 Å². The lowest BCUT2D eigenvalue weighted by atomic mass is 10.1. The van der Waals surface area contributed by atoms with Gasteiger partial charge < -0.3 is 5.11 Å². The van der Waals surface area contributed by atoms with E-state index in [1.54, 1.807) is 12.1 Å². The van der Waals surface area contributed by atoms with Gasteiger partial charge in [-0.2, -0.15) is 0 Å². The summed E-state index contributed by atoms with van der Waals surface area (Å²) in [5.74, 6) is -0.352. The van der Waals surface area contributed by atoms with Gasteiger partial charge in [-0.1, -0.05) is 12.1 Å². The highest BCUT2D eigenvalue weighted by Gasteiger charge is 2.08. The Morgan fingerprint density at radius 2 is 1.95 bits per heavy atom. The second kappa shape index (κ2) is 6.60. The molecule has 0 bridgehead atoms. The molecular formula is C15H13FN2O3. The largest absolute Gasteiger partial charge is 0.507 e. The Morgan fingerprint density at radius 3 is 2.62 bits per heavy atom. The van der Waals surface area contributed by atoms with Crippen molar-refractivity contribution in [2.75, 3.05) is 6.54 Å². The maximum atomic E-state index is 12.7. The van der Waals surface area contributed by atoms with Crippen molar-refractivity contribution in [3.63, 3.8) is 0 Å². The highest BCUT2D eigenvalue weighted by molar-refractivity contribution is 5.84. The Kier molecular flexibility index (Phi) is 4.61. The number of hydrogen-bond acceptors (Lipinski definition) is 4. The first-order chi connectivity index (χ1) is 10.1. The summed E-state index contributed by atoms with van der Waals surface area (Å²) in [5, 5.41) is 20.3. The highest BCUT2D eigenvalue weighted by atomic mass is 19.1. The van der Waals surface area contributed by atoms with Crippen LogP contribution in [-0.2, 0) is 6.42 Å². The predicted molar refractivity (Wildman–Crippen MR) is 77.3 cm³/mol. The summed E-state index contributed by atoms with van der Waals surface area (Å²) < 4.78 is 12.7. The lowest BCUT2D eigenvalue weighted by molar-refractivity contribution is -0.384. The quantitative estimate of drug-likeness (QED) is 0.522. The summed E-state index contributed by atoms with van der Waals surface area (Å²) in [7, 11) is 0. The average molecular weight is 288 g/mol. The molecule has 6 heteroatoms. The van der Waals surface area contributed by atoms with Crippen molar-refractivity contribution in [2.24, 2.45) is 4.99 Å². The molecule has 0 aliphatic carbocycles. The predicted octanol–water partition coefficient (Wildman–Crippen LogP) is 3.10. The van der Waals surface area contributed by atoms with Crippen LogP contribution < -0.4 is 0 Å². The van der Waals surface area contributed by atoms with E-state index in [4.69, 9.17) is 0 Å². The molecule has 0 unspecified atom stereocenters. The summed E-state index contributed by atoms with van der Waals surface area (Å²) in [6, 6.07) is 9.86. The summed E-state index contributed by atoms with van der Waals surface area (Å²) in [6.07, 6.45) is 2.01. The van der Waals surface area contributed by atoms with Crippen molar-refractivity contribution in [3.05, 3.63) is 69.5 Å². The molecular weight excluding hydrogens is 275 g/mol. The summed E-state index contributed by atoms with van der Waals surface area (Å²) >= 11 is 0. The van der Waals surface area contributed by atoms with Gasteiger partial charge in [0.25, 0.3) is 5.69 Å². The van der Waals surface area contributed by atoms with E-state index in [0.717, 1.165) is 5.56 Å². The molecule has 2 aromatic carbocycles. The second-order valence-electron chi connectivity index (χ2n) is 4.41.